The van der Waals surface area contributed by atoms with Gasteiger partial charge in [-0.2, -0.15) is 11.8 Å². The Morgan fingerprint density at radius 3 is 2.12 bits per heavy atom. The number of fused-ring (bicyclic) bond motifs is 1. The molecular weight excluding hydrogens is 533 g/mol. The average Bonchev–Trinajstić information content (AvgIpc) is 3.65. The standard InChI is InChI=1S/C37H40SSi2/c1-24(2)38-30-19-11-14-27(21-30)34-23-32-36(40-34)35-31(22-33(39-35)26-13-10-12-25(3)20-26)37(32,28-15-6-4-7-16-28)29-17-8-5-9-18-29/h4-10,12-13,15-18,20,22-24,27,30H,11,14,19,21,39-40H2,1-3H3. The number of thioether (sulfide) groups is 1. The molecule has 2 heterocycles. The van der Waals surface area contributed by atoms with E-state index in [-0.39, 0.29) is 5.41 Å². The van der Waals surface area contributed by atoms with Gasteiger partial charge < -0.3 is 0 Å². The zero-order valence-corrected chi connectivity index (χ0v) is 27.8. The summed E-state index contributed by atoms with van der Waals surface area (Å²) >= 11 is 2.23. The highest BCUT2D eigenvalue weighted by molar-refractivity contribution is 8.00. The minimum Gasteiger partial charge on any atom is -0.156 e. The molecule has 40 heavy (non-hydrogen) atoms. The molecule has 0 bridgehead atoms. The van der Waals surface area contributed by atoms with Crippen molar-refractivity contribution in [3.05, 3.63) is 146 Å². The van der Waals surface area contributed by atoms with Crippen LogP contribution in [0.1, 0.15) is 61.8 Å². The number of aryl methyl sites for hydroxylation is 1. The second-order valence-corrected chi connectivity index (χ2v) is 18.1. The third kappa shape index (κ3) is 4.42. The van der Waals surface area contributed by atoms with Crippen LogP contribution in [0.3, 0.4) is 0 Å². The molecule has 3 heteroatoms. The number of hydrogen-bond donors (Lipinski definition) is 0. The van der Waals surface area contributed by atoms with Gasteiger partial charge in [-0.15, -0.1) is 0 Å². The van der Waals surface area contributed by atoms with Crippen molar-refractivity contribution in [3.63, 3.8) is 0 Å². The minimum atomic E-state index is -0.553. The zero-order valence-electron chi connectivity index (χ0n) is 24.1. The smallest absolute Gasteiger partial charge is 0.0885 e. The molecule has 3 aromatic carbocycles. The van der Waals surface area contributed by atoms with Gasteiger partial charge in [-0.1, -0.05) is 144 Å². The van der Waals surface area contributed by atoms with Crippen molar-refractivity contribution in [2.24, 2.45) is 5.92 Å². The van der Waals surface area contributed by atoms with E-state index in [0.29, 0.717) is 0 Å². The van der Waals surface area contributed by atoms with Crippen molar-refractivity contribution < 1.29 is 0 Å². The Morgan fingerprint density at radius 2 is 1.45 bits per heavy atom. The van der Waals surface area contributed by atoms with Crippen LogP contribution in [0.5, 0.6) is 0 Å². The summed E-state index contributed by atoms with van der Waals surface area (Å²) in [4.78, 5) is 0. The topological polar surface area (TPSA) is 0 Å². The third-order valence-electron chi connectivity index (χ3n) is 9.64. The van der Waals surface area contributed by atoms with Crippen molar-refractivity contribution >= 4 is 36.0 Å². The van der Waals surface area contributed by atoms with E-state index < -0.39 is 19.0 Å². The number of rotatable bonds is 6. The fraction of sp³-hybridized carbons (Fsp3) is 0.297. The van der Waals surface area contributed by atoms with E-state index in [2.05, 4.69) is 130 Å². The summed E-state index contributed by atoms with van der Waals surface area (Å²) in [5.41, 5.74) is 8.78. The third-order valence-corrected chi connectivity index (χ3v) is 16.0. The molecule has 3 aromatic rings. The molecule has 2 unspecified atom stereocenters. The zero-order chi connectivity index (χ0) is 27.3. The van der Waals surface area contributed by atoms with Crippen LogP contribution in [0.2, 0.25) is 0 Å². The van der Waals surface area contributed by atoms with Crippen LogP contribution >= 0.6 is 11.8 Å². The van der Waals surface area contributed by atoms with E-state index >= 15 is 0 Å². The van der Waals surface area contributed by atoms with E-state index in [1.165, 1.54) is 47.9 Å². The summed E-state index contributed by atoms with van der Waals surface area (Å²) in [5, 5.41) is 8.67. The average molecular weight is 573 g/mol. The Bertz CT molecular complexity index is 1520. The molecule has 2 atom stereocenters. The predicted octanol–water partition coefficient (Wildman–Crippen LogP) is 7.79. The van der Waals surface area contributed by atoms with Crippen LogP contribution < -0.4 is 0 Å². The van der Waals surface area contributed by atoms with Crippen molar-refractivity contribution in [1.29, 1.82) is 0 Å². The molecule has 0 spiro atoms. The van der Waals surface area contributed by atoms with Crippen molar-refractivity contribution in [2.45, 2.75) is 62.4 Å². The highest BCUT2D eigenvalue weighted by Gasteiger charge is 2.51. The van der Waals surface area contributed by atoms with Gasteiger partial charge in [0.15, 0.2) is 0 Å². The maximum absolute atomic E-state index is 2.77. The van der Waals surface area contributed by atoms with Crippen LogP contribution in [0.25, 0.3) is 5.20 Å². The van der Waals surface area contributed by atoms with Gasteiger partial charge >= 0.3 is 0 Å². The summed E-state index contributed by atoms with van der Waals surface area (Å²) in [6.45, 7) is 6.98. The van der Waals surface area contributed by atoms with E-state index in [1.54, 1.807) is 21.5 Å². The van der Waals surface area contributed by atoms with Crippen molar-refractivity contribution in [2.75, 3.05) is 0 Å². The first-order chi connectivity index (χ1) is 19.5. The van der Waals surface area contributed by atoms with Crippen molar-refractivity contribution in [1.82, 2.24) is 0 Å². The maximum Gasteiger partial charge on any atom is 0.0885 e. The number of hydrogen-bond acceptors (Lipinski definition) is 1. The summed E-state index contributed by atoms with van der Waals surface area (Å²) in [6.07, 6.45) is 11.0. The second-order valence-electron chi connectivity index (χ2n) is 12.5. The lowest BCUT2D eigenvalue weighted by Gasteiger charge is -2.36. The largest absolute Gasteiger partial charge is 0.156 e. The minimum absolute atomic E-state index is 0.179. The molecule has 0 saturated heterocycles. The number of benzene rings is 3. The predicted molar refractivity (Wildman–Crippen MR) is 181 cm³/mol. The van der Waals surface area contributed by atoms with Gasteiger partial charge in [-0.25, -0.2) is 0 Å². The lowest BCUT2D eigenvalue weighted by Crippen LogP contribution is -2.29. The normalized spacial score (nSPS) is 24.6. The molecule has 2 aliphatic heterocycles. The summed E-state index contributed by atoms with van der Waals surface area (Å²) in [7, 11) is -1.03. The van der Waals surface area contributed by atoms with Gasteiger partial charge in [-0.3, -0.25) is 0 Å². The van der Waals surface area contributed by atoms with Gasteiger partial charge in [0.1, 0.15) is 0 Å². The Balaban J connectivity index is 1.36. The molecule has 7 rings (SSSR count). The molecule has 2 aliphatic carbocycles. The first-order valence-electron chi connectivity index (χ1n) is 15.3. The molecule has 0 N–H and O–H groups in total. The summed E-state index contributed by atoms with van der Waals surface area (Å²) in [5.74, 6) is 0.794. The molecule has 202 valence electrons. The van der Waals surface area contributed by atoms with E-state index in [9.17, 15) is 0 Å². The van der Waals surface area contributed by atoms with E-state index in [1.807, 2.05) is 10.4 Å². The maximum atomic E-state index is 2.77. The summed E-state index contributed by atoms with van der Waals surface area (Å²) in [6, 6.07) is 32.2. The molecule has 1 saturated carbocycles. The van der Waals surface area contributed by atoms with Crippen LogP contribution in [0.15, 0.2) is 124 Å². The summed E-state index contributed by atoms with van der Waals surface area (Å²) < 4.78 is 0. The Labute approximate surface area is 249 Å². The van der Waals surface area contributed by atoms with Gasteiger partial charge in [0.05, 0.1) is 24.5 Å². The fourth-order valence-electron chi connectivity index (χ4n) is 8.02. The lowest BCUT2D eigenvalue weighted by atomic mass is 9.66. The van der Waals surface area contributed by atoms with E-state index in [4.69, 9.17) is 0 Å². The molecule has 0 radical (unpaired) electrons. The Kier molecular flexibility index (Phi) is 7.02. The lowest BCUT2D eigenvalue weighted by molar-refractivity contribution is 0.422. The molecule has 0 aromatic heterocycles. The molecule has 0 nitrogen and oxygen atoms in total. The number of allylic oxidation sites excluding steroid dienone is 7. The molecule has 1 fully saturated rings. The van der Waals surface area contributed by atoms with Crippen molar-refractivity contribution in [3.8, 4) is 0 Å². The first-order valence-corrected chi connectivity index (χ1v) is 19.0. The molecule has 4 aliphatic rings. The first kappa shape index (κ1) is 26.3. The van der Waals surface area contributed by atoms with Gasteiger partial charge in [0.2, 0.25) is 0 Å². The van der Waals surface area contributed by atoms with Crippen LogP contribution in [-0.4, -0.2) is 29.5 Å². The highest BCUT2D eigenvalue weighted by atomic mass is 32.2. The highest BCUT2D eigenvalue weighted by Crippen LogP contribution is 2.59. The van der Waals surface area contributed by atoms with E-state index in [0.717, 1.165) is 16.4 Å². The van der Waals surface area contributed by atoms with Crippen LogP contribution in [-0.2, 0) is 5.41 Å². The van der Waals surface area contributed by atoms with Gasteiger partial charge in [0, 0.05) is 5.25 Å². The van der Waals surface area contributed by atoms with Gasteiger partial charge in [-0.05, 0) is 65.2 Å². The quantitative estimate of drug-likeness (QED) is 0.272. The van der Waals surface area contributed by atoms with Crippen LogP contribution in [0, 0.1) is 12.8 Å². The fourth-order valence-corrected chi connectivity index (χ4v) is 14.6. The Hall–Kier alpha value is -2.60. The van der Waals surface area contributed by atoms with Crippen LogP contribution in [0.4, 0.5) is 0 Å². The monoisotopic (exact) mass is 572 g/mol. The SMILES string of the molecule is Cc1cccc(C2=CC3=C([SiH2]2)C2=C(C=C(C4CCCC(SC(C)C)C4)[SiH2]2)C3(c2ccccc2)c2ccccc2)c1. The molecule has 0 amide bonds. The second kappa shape index (κ2) is 10.7. The van der Waals surface area contributed by atoms with Gasteiger partial charge in [0.25, 0.3) is 0 Å². The Morgan fingerprint density at radius 1 is 0.775 bits per heavy atom. The molecular formula is C37H40SSi2.